The van der Waals surface area contributed by atoms with Crippen LogP contribution in [0.25, 0.3) is 0 Å². The van der Waals surface area contributed by atoms with Crippen LogP contribution in [0.15, 0.2) is 29.3 Å². The fraction of sp³-hybridized carbons (Fsp3) is 0.125. The second kappa shape index (κ2) is 2.14. The van der Waals surface area contributed by atoms with Gasteiger partial charge in [-0.2, -0.15) is 0 Å². The first kappa shape index (κ1) is 5.47. The van der Waals surface area contributed by atoms with Crippen molar-refractivity contribution in [3.8, 4) is 0 Å². The second-order valence-electron chi connectivity index (χ2n) is 2.15. The minimum Gasteiger partial charge on any atom is -0.366 e. The van der Waals surface area contributed by atoms with E-state index in [1.54, 1.807) is 0 Å². The highest BCUT2D eigenvalue weighted by Crippen LogP contribution is 2.14. The smallest absolute Gasteiger partial charge is 0.108 e. The predicted octanol–water partition coefficient (Wildman–Crippen LogP) is 1.37. The molecule has 49 valence electrons. The van der Waals surface area contributed by atoms with Crippen molar-refractivity contribution in [3.63, 3.8) is 0 Å². The third-order valence-electron chi connectivity index (χ3n) is 1.48. The van der Waals surface area contributed by atoms with Gasteiger partial charge >= 0.3 is 0 Å². The molecule has 0 amide bonds. The summed E-state index contributed by atoms with van der Waals surface area (Å²) in [4.78, 5) is 3.96. The lowest BCUT2D eigenvalue weighted by Gasteiger charge is -2.09. The average molecular weight is 131 g/mol. The van der Waals surface area contributed by atoms with Crippen LogP contribution in [0.2, 0.25) is 0 Å². The third-order valence-corrected chi connectivity index (χ3v) is 1.48. The molecule has 2 heteroatoms. The lowest BCUT2D eigenvalue weighted by Crippen LogP contribution is -2.06. The van der Waals surface area contributed by atoms with E-state index in [9.17, 15) is 0 Å². The van der Waals surface area contributed by atoms with Crippen LogP contribution < -0.4 is 5.32 Å². The summed E-state index contributed by atoms with van der Waals surface area (Å²) in [5.74, 6) is 0. The molecule has 0 aliphatic carbocycles. The van der Waals surface area contributed by atoms with Crippen LogP contribution in [0.4, 0.5) is 5.69 Å². The maximum absolute atomic E-state index is 3.96. The van der Waals surface area contributed by atoms with Crippen molar-refractivity contribution in [2.24, 2.45) is 4.99 Å². The topological polar surface area (TPSA) is 24.4 Å². The van der Waals surface area contributed by atoms with Crippen molar-refractivity contribution >= 4 is 11.9 Å². The summed E-state index contributed by atoms with van der Waals surface area (Å²) >= 11 is 0. The van der Waals surface area contributed by atoms with E-state index in [1.165, 1.54) is 0 Å². The summed E-state index contributed by atoms with van der Waals surface area (Å²) in [7, 11) is 0. The summed E-state index contributed by atoms with van der Waals surface area (Å²) in [6, 6.07) is 8.00. The lowest BCUT2D eigenvalue weighted by molar-refractivity contribution is 1.13. The molecule has 1 heterocycles. The van der Waals surface area contributed by atoms with Gasteiger partial charge in [-0.15, -0.1) is 0 Å². The Bertz CT molecular complexity index is 266. The van der Waals surface area contributed by atoms with E-state index in [4.69, 9.17) is 0 Å². The summed E-state index contributed by atoms with van der Waals surface area (Å²) in [6.07, 6.45) is 2.93. The standard InChI is InChI=1S/C8H7N2/c1-2-4-8-7(3-1)5-9-6-10-8/h1-4,10H,6H2. The number of rotatable bonds is 0. The van der Waals surface area contributed by atoms with E-state index in [0.717, 1.165) is 11.3 Å². The predicted molar refractivity (Wildman–Crippen MR) is 41.5 cm³/mol. The van der Waals surface area contributed by atoms with E-state index >= 15 is 0 Å². The second-order valence-corrected chi connectivity index (χ2v) is 2.15. The average Bonchev–Trinajstić information content (AvgIpc) is 2.05. The molecule has 0 bridgehead atoms. The molecule has 1 aromatic carbocycles. The molecule has 0 spiro atoms. The fourth-order valence-corrected chi connectivity index (χ4v) is 0.984. The van der Waals surface area contributed by atoms with Crippen LogP contribution in [0.1, 0.15) is 5.56 Å². The highest BCUT2D eigenvalue weighted by molar-refractivity contribution is 5.89. The SMILES string of the molecule is [C]1=NCNc2ccccc21. The Kier molecular flexibility index (Phi) is 1.17. The number of fused-ring (bicyclic) bond motifs is 1. The maximum atomic E-state index is 3.96. The molecule has 2 rings (SSSR count). The first-order valence-electron chi connectivity index (χ1n) is 3.22. The Balaban J connectivity index is 2.54. The van der Waals surface area contributed by atoms with Crippen molar-refractivity contribution in [3.05, 3.63) is 29.8 Å². The van der Waals surface area contributed by atoms with E-state index in [2.05, 4.69) is 16.5 Å². The van der Waals surface area contributed by atoms with Gasteiger partial charge in [-0.05, 0) is 6.07 Å². The zero-order valence-corrected chi connectivity index (χ0v) is 5.46. The number of nitrogens with one attached hydrogen (secondary N) is 1. The Hall–Kier alpha value is -1.31. The van der Waals surface area contributed by atoms with Crippen molar-refractivity contribution in [1.82, 2.24) is 0 Å². The van der Waals surface area contributed by atoms with Crippen molar-refractivity contribution in [2.45, 2.75) is 0 Å². The molecule has 1 aliphatic rings. The van der Waals surface area contributed by atoms with Gasteiger partial charge in [-0.1, -0.05) is 18.2 Å². The number of para-hydroxylation sites is 1. The Morgan fingerprint density at radius 3 is 3.20 bits per heavy atom. The minimum atomic E-state index is 0.650. The first-order chi connectivity index (χ1) is 4.97. The van der Waals surface area contributed by atoms with Gasteiger partial charge in [0.05, 0.1) is 6.21 Å². The Morgan fingerprint density at radius 2 is 2.30 bits per heavy atom. The molecule has 1 N–H and O–H groups in total. The first-order valence-corrected chi connectivity index (χ1v) is 3.22. The fourth-order valence-electron chi connectivity index (χ4n) is 0.984. The van der Waals surface area contributed by atoms with Gasteiger partial charge in [0.25, 0.3) is 0 Å². The van der Waals surface area contributed by atoms with Crippen molar-refractivity contribution in [2.75, 3.05) is 12.0 Å². The van der Waals surface area contributed by atoms with Crippen molar-refractivity contribution < 1.29 is 0 Å². The van der Waals surface area contributed by atoms with Gasteiger partial charge in [-0.3, -0.25) is 4.99 Å². The van der Waals surface area contributed by atoms with Crippen LogP contribution in [0.5, 0.6) is 0 Å². The molecular weight excluding hydrogens is 124 g/mol. The zero-order chi connectivity index (χ0) is 6.81. The van der Waals surface area contributed by atoms with Gasteiger partial charge in [0, 0.05) is 11.3 Å². The monoisotopic (exact) mass is 131 g/mol. The molecule has 0 saturated heterocycles. The molecule has 0 unspecified atom stereocenters. The molecule has 0 fully saturated rings. The number of aliphatic imine (C=N–C) groups is 1. The molecule has 0 aromatic heterocycles. The maximum Gasteiger partial charge on any atom is 0.108 e. The molecule has 1 radical (unpaired) electrons. The summed E-state index contributed by atoms with van der Waals surface area (Å²) < 4.78 is 0. The van der Waals surface area contributed by atoms with Crippen LogP contribution in [0.3, 0.4) is 0 Å². The van der Waals surface area contributed by atoms with Crippen LogP contribution in [-0.4, -0.2) is 12.9 Å². The van der Waals surface area contributed by atoms with Crippen molar-refractivity contribution in [1.29, 1.82) is 0 Å². The quantitative estimate of drug-likeness (QED) is 0.565. The number of hydrogen-bond donors (Lipinski definition) is 1. The molecule has 0 atom stereocenters. The molecule has 1 aliphatic heterocycles. The molecule has 1 aromatic rings. The summed E-state index contributed by atoms with van der Waals surface area (Å²) in [6.45, 7) is 0.650. The van der Waals surface area contributed by atoms with E-state index in [1.807, 2.05) is 24.3 Å². The van der Waals surface area contributed by atoms with Gasteiger partial charge in [-0.25, -0.2) is 0 Å². The Labute approximate surface area is 59.6 Å². The zero-order valence-electron chi connectivity index (χ0n) is 5.46. The molecule has 0 saturated carbocycles. The lowest BCUT2D eigenvalue weighted by atomic mass is 10.2. The van der Waals surface area contributed by atoms with E-state index in [-0.39, 0.29) is 0 Å². The van der Waals surface area contributed by atoms with Crippen LogP contribution in [0, 0.1) is 0 Å². The largest absolute Gasteiger partial charge is 0.366 e. The highest BCUT2D eigenvalue weighted by Gasteiger charge is 2.00. The van der Waals surface area contributed by atoms with Crippen LogP contribution in [-0.2, 0) is 0 Å². The highest BCUT2D eigenvalue weighted by atomic mass is 15.0. The number of benzene rings is 1. The van der Waals surface area contributed by atoms with E-state index < -0.39 is 0 Å². The normalized spacial score (nSPS) is 14.0. The van der Waals surface area contributed by atoms with Gasteiger partial charge in [0.15, 0.2) is 0 Å². The van der Waals surface area contributed by atoms with E-state index in [0.29, 0.717) is 6.67 Å². The number of nitrogens with zero attached hydrogens (tertiary/aromatic N) is 1. The Morgan fingerprint density at radius 1 is 1.40 bits per heavy atom. The third kappa shape index (κ3) is 0.778. The molecule has 2 nitrogen and oxygen atoms in total. The van der Waals surface area contributed by atoms with Gasteiger partial charge < -0.3 is 5.32 Å². The molecular formula is C8H7N2. The number of hydrogen-bond acceptors (Lipinski definition) is 2. The van der Waals surface area contributed by atoms with Gasteiger partial charge in [0.2, 0.25) is 0 Å². The van der Waals surface area contributed by atoms with Gasteiger partial charge in [0.1, 0.15) is 6.67 Å². The van der Waals surface area contributed by atoms with Crippen LogP contribution >= 0.6 is 0 Å². The number of anilines is 1. The summed E-state index contributed by atoms with van der Waals surface area (Å²) in [5.41, 5.74) is 2.17. The summed E-state index contributed by atoms with van der Waals surface area (Å²) in [5, 5.41) is 3.13. The molecule has 10 heavy (non-hydrogen) atoms. The minimum absolute atomic E-state index is 0.650.